The van der Waals surface area contributed by atoms with Gasteiger partial charge < -0.3 is 5.32 Å². The molecule has 21 heavy (non-hydrogen) atoms. The molecule has 2 aromatic rings. The molecule has 0 aliphatic heterocycles. The Bertz CT molecular complexity index is 714. The van der Waals surface area contributed by atoms with Crippen LogP contribution in [0.15, 0.2) is 4.79 Å². The lowest BCUT2D eigenvalue weighted by Gasteiger charge is -2.17. The first-order valence-electron chi connectivity index (χ1n) is 7.94. The third-order valence-electron chi connectivity index (χ3n) is 4.07. The van der Waals surface area contributed by atoms with Gasteiger partial charge in [0.2, 0.25) is 5.95 Å². The SMILES string of the molecule is CCCNc1nc2sc3c(c2c(=O)n1C(C)C)CCCC3. The van der Waals surface area contributed by atoms with E-state index in [9.17, 15) is 4.79 Å². The highest BCUT2D eigenvalue weighted by Crippen LogP contribution is 2.34. The van der Waals surface area contributed by atoms with E-state index in [1.165, 1.54) is 23.3 Å². The zero-order chi connectivity index (χ0) is 15.0. The summed E-state index contributed by atoms with van der Waals surface area (Å²) in [6, 6.07) is 0.118. The number of anilines is 1. The van der Waals surface area contributed by atoms with Crippen molar-refractivity contribution in [3.05, 3.63) is 20.8 Å². The Hall–Kier alpha value is -1.36. The van der Waals surface area contributed by atoms with Crippen molar-refractivity contribution in [2.45, 2.75) is 58.9 Å². The van der Waals surface area contributed by atoms with Crippen molar-refractivity contribution in [1.29, 1.82) is 0 Å². The second-order valence-electron chi connectivity index (χ2n) is 6.02. The number of hydrogen-bond donors (Lipinski definition) is 1. The van der Waals surface area contributed by atoms with Gasteiger partial charge >= 0.3 is 0 Å². The van der Waals surface area contributed by atoms with E-state index >= 15 is 0 Å². The maximum absolute atomic E-state index is 13.0. The van der Waals surface area contributed by atoms with Crippen molar-refractivity contribution in [1.82, 2.24) is 9.55 Å². The van der Waals surface area contributed by atoms with Crippen molar-refractivity contribution in [2.24, 2.45) is 0 Å². The second-order valence-corrected chi connectivity index (χ2v) is 7.11. The molecule has 0 radical (unpaired) electrons. The van der Waals surface area contributed by atoms with Crippen molar-refractivity contribution in [3.63, 3.8) is 0 Å². The van der Waals surface area contributed by atoms with Crippen LogP contribution >= 0.6 is 11.3 Å². The minimum absolute atomic E-state index is 0.118. The molecule has 4 nitrogen and oxygen atoms in total. The predicted molar refractivity (Wildman–Crippen MR) is 89.7 cm³/mol. The molecule has 114 valence electrons. The van der Waals surface area contributed by atoms with Crippen LogP contribution in [0.5, 0.6) is 0 Å². The molecule has 0 spiro atoms. The molecule has 3 rings (SSSR count). The molecule has 1 aliphatic rings. The fraction of sp³-hybridized carbons (Fsp3) is 0.625. The normalized spacial score (nSPS) is 14.7. The lowest BCUT2D eigenvalue weighted by atomic mass is 9.97. The molecule has 0 atom stereocenters. The average molecular weight is 305 g/mol. The number of rotatable bonds is 4. The van der Waals surface area contributed by atoms with E-state index in [0.29, 0.717) is 0 Å². The van der Waals surface area contributed by atoms with E-state index in [1.54, 1.807) is 11.3 Å². The van der Waals surface area contributed by atoms with Gasteiger partial charge in [0, 0.05) is 17.5 Å². The largest absolute Gasteiger partial charge is 0.356 e. The molecule has 0 amide bonds. The van der Waals surface area contributed by atoms with Gasteiger partial charge in [0.15, 0.2) is 0 Å². The molecular formula is C16H23N3OS. The standard InChI is InChI=1S/C16H23N3OS/c1-4-9-17-16-18-14-13(15(20)19(16)10(2)3)11-7-5-6-8-12(11)21-14/h10H,4-9H2,1-3H3,(H,17,18). The molecule has 2 aromatic heterocycles. The Kier molecular flexibility index (Phi) is 4.02. The third-order valence-corrected chi connectivity index (χ3v) is 5.26. The Morgan fingerprint density at radius 1 is 1.33 bits per heavy atom. The average Bonchev–Trinajstić information content (AvgIpc) is 2.83. The third kappa shape index (κ3) is 2.48. The second kappa shape index (κ2) is 5.79. The van der Waals surface area contributed by atoms with E-state index in [-0.39, 0.29) is 11.6 Å². The highest BCUT2D eigenvalue weighted by Gasteiger charge is 2.22. The Labute approximate surface area is 129 Å². The molecule has 0 bridgehead atoms. The molecular weight excluding hydrogens is 282 g/mol. The van der Waals surface area contributed by atoms with E-state index in [0.717, 1.165) is 42.0 Å². The van der Waals surface area contributed by atoms with Crippen molar-refractivity contribution in [3.8, 4) is 0 Å². The van der Waals surface area contributed by atoms with Gasteiger partial charge in [-0.15, -0.1) is 11.3 Å². The number of aromatic nitrogens is 2. The summed E-state index contributed by atoms with van der Waals surface area (Å²) in [5.74, 6) is 0.725. The summed E-state index contributed by atoms with van der Waals surface area (Å²) < 4.78 is 1.82. The number of thiophene rings is 1. The summed E-state index contributed by atoms with van der Waals surface area (Å²) in [5, 5.41) is 4.20. The van der Waals surface area contributed by atoms with Crippen LogP contribution in [-0.4, -0.2) is 16.1 Å². The molecule has 1 aliphatic carbocycles. The van der Waals surface area contributed by atoms with Crippen LogP contribution in [0.1, 0.15) is 56.5 Å². The quantitative estimate of drug-likeness (QED) is 0.936. The van der Waals surface area contributed by atoms with Crippen molar-refractivity contribution in [2.75, 3.05) is 11.9 Å². The summed E-state index contributed by atoms with van der Waals surface area (Å²) in [6.07, 6.45) is 5.59. The summed E-state index contributed by atoms with van der Waals surface area (Å²) in [5.41, 5.74) is 1.41. The Morgan fingerprint density at radius 2 is 2.10 bits per heavy atom. The number of nitrogens with one attached hydrogen (secondary N) is 1. The van der Waals surface area contributed by atoms with Gasteiger partial charge in [-0.25, -0.2) is 4.98 Å². The summed E-state index contributed by atoms with van der Waals surface area (Å²) in [4.78, 5) is 20.0. The highest BCUT2D eigenvalue weighted by molar-refractivity contribution is 7.18. The predicted octanol–water partition coefficient (Wildman–Crippen LogP) is 3.74. The van der Waals surface area contributed by atoms with Gasteiger partial charge in [-0.3, -0.25) is 9.36 Å². The van der Waals surface area contributed by atoms with Crippen LogP contribution in [0.4, 0.5) is 5.95 Å². The molecule has 2 heterocycles. The number of hydrogen-bond acceptors (Lipinski definition) is 4. The minimum atomic E-state index is 0.118. The molecule has 0 saturated heterocycles. The lowest BCUT2D eigenvalue weighted by Crippen LogP contribution is -2.27. The smallest absolute Gasteiger partial charge is 0.264 e. The summed E-state index contributed by atoms with van der Waals surface area (Å²) in [6.45, 7) is 7.05. The lowest BCUT2D eigenvalue weighted by molar-refractivity contribution is 0.579. The van der Waals surface area contributed by atoms with Crippen LogP contribution < -0.4 is 10.9 Å². The van der Waals surface area contributed by atoms with Crippen LogP contribution in [0, 0.1) is 0 Å². The minimum Gasteiger partial charge on any atom is -0.356 e. The van der Waals surface area contributed by atoms with Crippen LogP contribution in [0.25, 0.3) is 10.2 Å². The van der Waals surface area contributed by atoms with Crippen LogP contribution in [0.2, 0.25) is 0 Å². The Morgan fingerprint density at radius 3 is 2.81 bits per heavy atom. The van der Waals surface area contributed by atoms with Gasteiger partial charge in [-0.05, 0) is 51.5 Å². The number of aryl methyl sites for hydroxylation is 2. The maximum Gasteiger partial charge on any atom is 0.264 e. The topological polar surface area (TPSA) is 46.9 Å². The fourth-order valence-electron chi connectivity index (χ4n) is 3.06. The zero-order valence-corrected chi connectivity index (χ0v) is 13.8. The molecule has 5 heteroatoms. The number of fused-ring (bicyclic) bond motifs is 3. The monoisotopic (exact) mass is 305 g/mol. The van der Waals surface area contributed by atoms with Crippen molar-refractivity contribution >= 4 is 27.5 Å². The van der Waals surface area contributed by atoms with E-state index in [2.05, 4.69) is 12.2 Å². The van der Waals surface area contributed by atoms with Gasteiger partial charge in [-0.2, -0.15) is 0 Å². The van der Waals surface area contributed by atoms with Crippen LogP contribution in [0.3, 0.4) is 0 Å². The first-order chi connectivity index (χ1) is 10.1. The summed E-state index contributed by atoms with van der Waals surface area (Å²) in [7, 11) is 0. The van der Waals surface area contributed by atoms with Gasteiger partial charge in [0.25, 0.3) is 5.56 Å². The molecule has 0 saturated carbocycles. The number of nitrogens with zero attached hydrogens (tertiary/aromatic N) is 2. The van der Waals surface area contributed by atoms with E-state index in [1.807, 2.05) is 18.4 Å². The highest BCUT2D eigenvalue weighted by atomic mass is 32.1. The van der Waals surface area contributed by atoms with Crippen molar-refractivity contribution < 1.29 is 0 Å². The zero-order valence-electron chi connectivity index (χ0n) is 13.0. The van der Waals surface area contributed by atoms with Gasteiger partial charge in [0.1, 0.15) is 4.83 Å². The van der Waals surface area contributed by atoms with E-state index < -0.39 is 0 Å². The first kappa shape index (κ1) is 14.6. The van der Waals surface area contributed by atoms with E-state index in [4.69, 9.17) is 4.98 Å². The first-order valence-corrected chi connectivity index (χ1v) is 8.75. The molecule has 0 aromatic carbocycles. The van der Waals surface area contributed by atoms with Gasteiger partial charge in [-0.1, -0.05) is 6.92 Å². The van der Waals surface area contributed by atoms with Gasteiger partial charge in [0.05, 0.1) is 5.39 Å². The summed E-state index contributed by atoms with van der Waals surface area (Å²) >= 11 is 1.72. The molecule has 0 unspecified atom stereocenters. The van der Waals surface area contributed by atoms with Crippen LogP contribution in [-0.2, 0) is 12.8 Å². The molecule has 0 fully saturated rings. The Balaban J connectivity index is 2.24. The fourth-order valence-corrected chi connectivity index (χ4v) is 4.31. The maximum atomic E-state index is 13.0. The molecule has 1 N–H and O–H groups in total.